The second-order valence-electron chi connectivity index (χ2n) is 8.27. The van der Waals surface area contributed by atoms with Crippen LogP contribution in [0, 0.1) is 13.8 Å². The van der Waals surface area contributed by atoms with Crippen LogP contribution in [0.3, 0.4) is 0 Å². The first kappa shape index (κ1) is 19.7. The van der Waals surface area contributed by atoms with Crippen LogP contribution in [0.15, 0.2) is 60.2 Å². The first-order valence-electron chi connectivity index (χ1n) is 10.7. The Labute approximate surface area is 174 Å². The minimum absolute atomic E-state index is 0.240. The molecule has 0 aliphatic carbocycles. The van der Waals surface area contributed by atoms with E-state index in [1.807, 2.05) is 4.90 Å². The second kappa shape index (κ2) is 8.83. The maximum atomic E-state index is 13.0. The average Bonchev–Trinajstić information content (AvgIpc) is 2.74. The number of amides is 1. The molecule has 0 bridgehead atoms. The molecule has 1 saturated heterocycles. The van der Waals surface area contributed by atoms with Gasteiger partial charge in [0.15, 0.2) is 0 Å². The van der Waals surface area contributed by atoms with E-state index in [1.165, 1.54) is 22.4 Å². The normalized spacial score (nSPS) is 17.9. The molecular formula is C25H31N3O. The van der Waals surface area contributed by atoms with Crippen LogP contribution in [0.25, 0.3) is 0 Å². The van der Waals surface area contributed by atoms with Gasteiger partial charge in [-0.25, -0.2) is 0 Å². The summed E-state index contributed by atoms with van der Waals surface area (Å²) in [5.41, 5.74) is 6.24. The summed E-state index contributed by atoms with van der Waals surface area (Å²) in [4.78, 5) is 19.9. The number of carbonyl (C=O) groups is 1. The van der Waals surface area contributed by atoms with Crippen molar-refractivity contribution in [3.05, 3.63) is 76.9 Å². The Morgan fingerprint density at radius 1 is 0.931 bits per heavy atom. The van der Waals surface area contributed by atoms with E-state index >= 15 is 0 Å². The molecule has 1 amide bonds. The maximum absolute atomic E-state index is 13.0. The number of hydrogen-bond donors (Lipinski definition) is 0. The fourth-order valence-corrected chi connectivity index (χ4v) is 4.39. The van der Waals surface area contributed by atoms with Crippen molar-refractivity contribution in [1.82, 2.24) is 9.80 Å². The highest BCUT2D eigenvalue weighted by atomic mass is 16.2. The van der Waals surface area contributed by atoms with Gasteiger partial charge in [-0.15, -0.1) is 0 Å². The first-order valence-corrected chi connectivity index (χ1v) is 10.7. The Balaban J connectivity index is 1.30. The van der Waals surface area contributed by atoms with Crippen LogP contribution in [-0.4, -0.2) is 55.0 Å². The molecule has 29 heavy (non-hydrogen) atoms. The molecule has 0 spiro atoms. The molecule has 4 heteroatoms. The Bertz CT molecular complexity index is 896. The molecule has 0 atom stereocenters. The van der Waals surface area contributed by atoms with E-state index < -0.39 is 0 Å². The standard InChI is InChI=1S/C25H31N3O/c1-20-6-5-8-22(18-20)19-26-12-10-23(11-13-26)25(29)28-16-14-27(15-17-28)24-9-4-3-7-21(24)2/h3-10,18H,11-17,19H2,1-2H3. The van der Waals surface area contributed by atoms with Crippen molar-refractivity contribution in [3.8, 4) is 0 Å². The van der Waals surface area contributed by atoms with E-state index in [0.29, 0.717) is 0 Å². The van der Waals surface area contributed by atoms with Crippen molar-refractivity contribution in [2.24, 2.45) is 0 Å². The van der Waals surface area contributed by atoms with Crippen LogP contribution in [0.2, 0.25) is 0 Å². The smallest absolute Gasteiger partial charge is 0.249 e. The topological polar surface area (TPSA) is 26.8 Å². The zero-order valence-electron chi connectivity index (χ0n) is 17.6. The largest absolute Gasteiger partial charge is 0.368 e. The number of aryl methyl sites for hydroxylation is 2. The molecule has 1 fully saturated rings. The van der Waals surface area contributed by atoms with Gasteiger partial charge in [0.25, 0.3) is 0 Å². The Morgan fingerprint density at radius 2 is 1.72 bits per heavy atom. The van der Waals surface area contributed by atoms with Gasteiger partial charge in [0.05, 0.1) is 0 Å². The minimum Gasteiger partial charge on any atom is -0.368 e. The molecule has 0 radical (unpaired) electrons. The third-order valence-electron chi connectivity index (χ3n) is 6.08. The number of hydrogen-bond acceptors (Lipinski definition) is 3. The fraction of sp³-hybridized carbons (Fsp3) is 0.400. The average molecular weight is 390 g/mol. The third-order valence-corrected chi connectivity index (χ3v) is 6.08. The molecule has 0 N–H and O–H groups in total. The minimum atomic E-state index is 0.240. The van der Waals surface area contributed by atoms with Crippen LogP contribution in [0.1, 0.15) is 23.1 Å². The molecular weight excluding hydrogens is 358 g/mol. The number of piperazine rings is 1. The number of anilines is 1. The SMILES string of the molecule is Cc1cccc(CN2CC=C(C(=O)N3CCN(c4ccccc4C)CC3)CC2)c1. The summed E-state index contributed by atoms with van der Waals surface area (Å²) in [6, 6.07) is 17.2. The van der Waals surface area contributed by atoms with Crippen molar-refractivity contribution in [2.45, 2.75) is 26.8 Å². The van der Waals surface area contributed by atoms with Gasteiger partial charge in [0.1, 0.15) is 0 Å². The summed E-state index contributed by atoms with van der Waals surface area (Å²) in [5.74, 6) is 0.240. The van der Waals surface area contributed by atoms with E-state index in [2.05, 4.69) is 78.3 Å². The zero-order chi connectivity index (χ0) is 20.2. The van der Waals surface area contributed by atoms with E-state index in [0.717, 1.165) is 57.8 Å². The molecule has 0 unspecified atom stereocenters. The molecule has 4 nitrogen and oxygen atoms in total. The molecule has 152 valence electrons. The van der Waals surface area contributed by atoms with E-state index in [1.54, 1.807) is 0 Å². The summed E-state index contributed by atoms with van der Waals surface area (Å²) >= 11 is 0. The number of carbonyl (C=O) groups excluding carboxylic acids is 1. The lowest BCUT2D eigenvalue weighted by Crippen LogP contribution is -2.49. The van der Waals surface area contributed by atoms with Crippen molar-refractivity contribution in [3.63, 3.8) is 0 Å². The van der Waals surface area contributed by atoms with Gasteiger partial charge in [-0.1, -0.05) is 54.1 Å². The van der Waals surface area contributed by atoms with Crippen molar-refractivity contribution in [1.29, 1.82) is 0 Å². The predicted molar refractivity (Wildman–Crippen MR) is 119 cm³/mol. The van der Waals surface area contributed by atoms with E-state index in [9.17, 15) is 4.79 Å². The lowest BCUT2D eigenvalue weighted by molar-refractivity contribution is -0.127. The van der Waals surface area contributed by atoms with E-state index in [4.69, 9.17) is 0 Å². The van der Waals surface area contributed by atoms with Gasteiger partial charge in [-0.3, -0.25) is 9.69 Å². The summed E-state index contributed by atoms with van der Waals surface area (Å²) in [6.07, 6.45) is 3.00. The Kier molecular flexibility index (Phi) is 6.00. The number of para-hydroxylation sites is 1. The van der Waals surface area contributed by atoms with Gasteiger partial charge in [-0.05, 0) is 37.5 Å². The van der Waals surface area contributed by atoms with Gasteiger partial charge in [-0.2, -0.15) is 0 Å². The maximum Gasteiger partial charge on any atom is 0.249 e. The number of benzene rings is 2. The molecule has 0 saturated carbocycles. The monoisotopic (exact) mass is 389 g/mol. The predicted octanol–water partition coefficient (Wildman–Crippen LogP) is 3.78. The summed E-state index contributed by atoms with van der Waals surface area (Å²) in [5, 5.41) is 0. The van der Waals surface area contributed by atoms with Crippen LogP contribution < -0.4 is 4.90 Å². The fourth-order valence-electron chi connectivity index (χ4n) is 4.39. The quantitative estimate of drug-likeness (QED) is 0.796. The van der Waals surface area contributed by atoms with Gasteiger partial charge >= 0.3 is 0 Å². The highest BCUT2D eigenvalue weighted by Crippen LogP contribution is 2.22. The molecule has 2 aromatic rings. The summed E-state index contributed by atoms with van der Waals surface area (Å²) in [6.45, 7) is 10.5. The van der Waals surface area contributed by atoms with Gasteiger partial charge < -0.3 is 9.80 Å². The second-order valence-corrected chi connectivity index (χ2v) is 8.27. The highest BCUT2D eigenvalue weighted by molar-refractivity contribution is 5.93. The molecule has 2 aromatic carbocycles. The lowest BCUT2D eigenvalue weighted by Gasteiger charge is -2.37. The molecule has 0 aromatic heterocycles. The van der Waals surface area contributed by atoms with Crippen molar-refractivity contribution >= 4 is 11.6 Å². The zero-order valence-corrected chi connectivity index (χ0v) is 17.6. The molecule has 2 aliphatic rings. The number of rotatable bonds is 4. The highest BCUT2D eigenvalue weighted by Gasteiger charge is 2.25. The van der Waals surface area contributed by atoms with Gasteiger partial charge in [0, 0.05) is 57.1 Å². The van der Waals surface area contributed by atoms with Crippen molar-refractivity contribution < 1.29 is 4.79 Å². The third kappa shape index (κ3) is 4.70. The van der Waals surface area contributed by atoms with Gasteiger partial charge in [0.2, 0.25) is 5.91 Å². The van der Waals surface area contributed by atoms with Crippen LogP contribution in [0.5, 0.6) is 0 Å². The van der Waals surface area contributed by atoms with Crippen LogP contribution >= 0.6 is 0 Å². The van der Waals surface area contributed by atoms with Crippen molar-refractivity contribution in [2.75, 3.05) is 44.2 Å². The summed E-state index contributed by atoms with van der Waals surface area (Å²) < 4.78 is 0. The van der Waals surface area contributed by atoms with Crippen LogP contribution in [0.4, 0.5) is 5.69 Å². The Morgan fingerprint density at radius 3 is 2.41 bits per heavy atom. The van der Waals surface area contributed by atoms with Crippen LogP contribution in [-0.2, 0) is 11.3 Å². The lowest BCUT2D eigenvalue weighted by atomic mass is 10.0. The first-order chi connectivity index (χ1) is 14.1. The molecule has 2 heterocycles. The van der Waals surface area contributed by atoms with E-state index in [-0.39, 0.29) is 5.91 Å². The Hall–Kier alpha value is -2.59. The number of nitrogens with zero attached hydrogens (tertiary/aromatic N) is 3. The molecule has 4 rings (SSSR count). The summed E-state index contributed by atoms with van der Waals surface area (Å²) in [7, 11) is 0. The molecule has 2 aliphatic heterocycles.